The van der Waals surface area contributed by atoms with Gasteiger partial charge in [-0.15, -0.1) is 0 Å². The molecule has 0 saturated heterocycles. The predicted octanol–water partition coefficient (Wildman–Crippen LogP) is 1.79. The van der Waals surface area contributed by atoms with E-state index in [2.05, 4.69) is 19.9 Å². The van der Waals surface area contributed by atoms with Gasteiger partial charge in [-0.1, -0.05) is 0 Å². The summed E-state index contributed by atoms with van der Waals surface area (Å²) in [7, 11) is 3.25. The number of aliphatic hydroxyl groups is 1. The molecule has 2 aromatic heterocycles. The molecule has 1 aromatic carbocycles. The van der Waals surface area contributed by atoms with Crippen molar-refractivity contribution in [2.45, 2.75) is 20.0 Å². The molecule has 2 N–H and O–H groups in total. The summed E-state index contributed by atoms with van der Waals surface area (Å²) in [6.07, 6.45) is 3.69. The highest BCUT2D eigenvalue weighted by Gasteiger charge is 2.13. The number of carbonyl (C=O) groups excluding carboxylic acids is 1. The maximum atomic E-state index is 12.0. The van der Waals surface area contributed by atoms with Crippen molar-refractivity contribution in [1.29, 1.82) is 0 Å². The minimum atomic E-state index is -0.454. The van der Waals surface area contributed by atoms with E-state index in [0.717, 1.165) is 0 Å². The van der Waals surface area contributed by atoms with Crippen LogP contribution >= 0.6 is 0 Å². The van der Waals surface area contributed by atoms with Gasteiger partial charge in [0, 0.05) is 37.5 Å². The second-order valence-corrected chi connectivity index (χ2v) is 7.09. The molecule has 2 heterocycles. The van der Waals surface area contributed by atoms with Crippen LogP contribution in [-0.4, -0.2) is 62.7 Å². The van der Waals surface area contributed by atoms with Gasteiger partial charge in [0.15, 0.2) is 0 Å². The minimum Gasteiger partial charge on any atom is -0.488 e. The quantitative estimate of drug-likeness (QED) is 0.586. The number of aryl methyl sites for hydroxylation is 1. The van der Waals surface area contributed by atoms with Crippen LogP contribution in [0.5, 0.6) is 17.4 Å². The number of aliphatic hydroxyl groups excluding tert-OH is 1. The zero-order valence-corrected chi connectivity index (χ0v) is 17.6. The number of hydrogen-bond donors (Lipinski definition) is 2. The molecular formula is C21H23N5O5. The molecule has 3 aromatic rings. The van der Waals surface area contributed by atoms with Gasteiger partial charge in [0.1, 0.15) is 29.1 Å². The maximum absolute atomic E-state index is 12.0. The number of ether oxygens (including phenoxy) is 2. The normalized spacial score (nSPS) is 11.6. The number of aromatic nitrogens is 4. The van der Waals surface area contributed by atoms with Gasteiger partial charge < -0.3 is 24.5 Å². The second-order valence-electron chi connectivity index (χ2n) is 7.09. The molecule has 162 valence electrons. The third kappa shape index (κ3) is 5.43. The van der Waals surface area contributed by atoms with Crippen LogP contribution in [0.1, 0.15) is 23.0 Å². The van der Waals surface area contributed by atoms with Crippen molar-refractivity contribution in [3.05, 3.63) is 58.4 Å². The van der Waals surface area contributed by atoms with E-state index in [1.807, 2.05) is 0 Å². The van der Waals surface area contributed by atoms with E-state index in [-0.39, 0.29) is 29.6 Å². The number of nitrogens with zero attached hydrogens (tertiary/aromatic N) is 4. The van der Waals surface area contributed by atoms with Gasteiger partial charge in [-0.2, -0.15) is 0 Å². The number of amides is 1. The van der Waals surface area contributed by atoms with Crippen molar-refractivity contribution in [2.75, 3.05) is 20.7 Å². The highest BCUT2D eigenvalue weighted by molar-refractivity contribution is 5.91. The molecule has 0 aliphatic heterocycles. The first-order valence-corrected chi connectivity index (χ1v) is 9.47. The Morgan fingerprint density at radius 2 is 1.87 bits per heavy atom. The number of H-pyrrole nitrogens is 1. The Kier molecular flexibility index (Phi) is 6.61. The van der Waals surface area contributed by atoms with Gasteiger partial charge in [0.05, 0.1) is 19.0 Å². The summed E-state index contributed by atoms with van der Waals surface area (Å²) in [5.74, 6) is 0.982. The number of hydrogen-bond acceptors (Lipinski definition) is 8. The smallest absolute Gasteiger partial charge is 0.273 e. The van der Waals surface area contributed by atoms with Crippen LogP contribution < -0.4 is 15.0 Å². The monoisotopic (exact) mass is 425 g/mol. The Morgan fingerprint density at radius 3 is 2.48 bits per heavy atom. The molecule has 0 aliphatic rings. The molecule has 3 rings (SSSR count). The van der Waals surface area contributed by atoms with Crippen LogP contribution in [0.2, 0.25) is 0 Å². The lowest BCUT2D eigenvalue weighted by molar-refractivity contribution is 0.0821. The van der Waals surface area contributed by atoms with Crippen LogP contribution in [0.4, 0.5) is 0 Å². The number of nitrogens with one attached hydrogen (secondary N) is 1. The van der Waals surface area contributed by atoms with E-state index in [1.165, 1.54) is 23.5 Å². The van der Waals surface area contributed by atoms with Gasteiger partial charge >= 0.3 is 0 Å². The van der Waals surface area contributed by atoms with Crippen LogP contribution in [0.15, 0.2) is 41.6 Å². The Bertz CT molecular complexity index is 1130. The van der Waals surface area contributed by atoms with E-state index in [1.54, 1.807) is 46.1 Å². The zero-order chi connectivity index (χ0) is 22.5. The van der Waals surface area contributed by atoms with Crippen LogP contribution in [-0.2, 0) is 0 Å². The Labute approximate surface area is 178 Å². The largest absolute Gasteiger partial charge is 0.488 e. The van der Waals surface area contributed by atoms with Crippen molar-refractivity contribution >= 4 is 5.91 Å². The van der Waals surface area contributed by atoms with E-state index in [9.17, 15) is 14.7 Å². The number of rotatable bonds is 7. The fraction of sp³-hybridized carbons (Fsp3) is 0.286. The first kappa shape index (κ1) is 21.9. The standard InChI is InChI=1S/C21H23N5O5/c1-12-8-24-19(25-20(12)28)14-5-15(30-13(2)11-27)7-16(6-14)31-18-10-22-17(9-23-18)21(29)26(3)4/h5-10,13,27H,11H2,1-4H3,(H,24,25,28)/t13-/m0/s1. The molecule has 0 radical (unpaired) electrons. The van der Waals surface area contributed by atoms with Gasteiger partial charge in [-0.25, -0.2) is 15.0 Å². The molecule has 10 heteroatoms. The van der Waals surface area contributed by atoms with E-state index in [0.29, 0.717) is 28.5 Å². The van der Waals surface area contributed by atoms with Crippen molar-refractivity contribution in [3.8, 4) is 28.8 Å². The van der Waals surface area contributed by atoms with Crippen molar-refractivity contribution in [2.24, 2.45) is 0 Å². The lowest BCUT2D eigenvalue weighted by Crippen LogP contribution is -2.22. The number of carbonyl (C=O) groups is 1. The Morgan fingerprint density at radius 1 is 1.13 bits per heavy atom. The summed E-state index contributed by atoms with van der Waals surface area (Å²) < 4.78 is 11.5. The van der Waals surface area contributed by atoms with E-state index >= 15 is 0 Å². The topological polar surface area (TPSA) is 131 Å². The molecular weight excluding hydrogens is 402 g/mol. The summed E-state index contributed by atoms with van der Waals surface area (Å²) in [4.78, 5) is 40.5. The van der Waals surface area contributed by atoms with Gasteiger partial charge in [0.25, 0.3) is 11.5 Å². The van der Waals surface area contributed by atoms with Crippen LogP contribution in [0.3, 0.4) is 0 Å². The molecule has 1 atom stereocenters. The minimum absolute atomic E-state index is 0.166. The summed E-state index contributed by atoms with van der Waals surface area (Å²) in [6, 6.07) is 4.95. The molecule has 10 nitrogen and oxygen atoms in total. The molecule has 0 bridgehead atoms. The molecule has 0 saturated carbocycles. The molecule has 31 heavy (non-hydrogen) atoms. The SMILES string of the molecule is Cc1cnc(-c2cc(Oc3cnc(C(=O)N(C)C)cn3)cc(O[C@@H](C)CO)c2)[nH]c1=O. The summed E-state index contributed by atoms with van der Waals surface area (Å²) in [5.41, 5.74) is 0.967. The fourth-order valence-corrected chi connectivity index (χ4v) is 2.54. The molecule has 0 unspecified atom stereocenters. The van der Waals surface area contributed by atoms with Crippen molar-refractivity contribution in [1.82, 2.24) is 24.8 Å². The third-order valence-electron chi connectivity index (χ3n) is 4.20. The van der Waals surface area contributed by atoms with Gasteiger partial charge in [0.2, 0.25) is 5.88 Å². The molecule has 0 aliphatic carbocycles. The first-order chi connectivity index (χ1) is 14.8. The lowest BCUT2D eigenvalue weighted by atomic mass is 10.2. The first-order valence-electron chi connectivity index (χ1n) is 9.47. The Balaban J connectivity index is 1.94. The third-order valence-corrected chi connectivity index (χ3v) is 4.20. The number of aromatic amines is 1. The fourth-order valence-electron chi connectivity index (χ4n) is 2.54. The summed E-state index contributed by atoms with van der Waals surface area (Å²) in [5, 5.41) is 9.30. The van der Waals surface area contributed by atoms with Crippen molar-refractivity contribution < 1.29 is 19.4 Å². The molecule has 1 amide bonds. The summed E-state index contributed by atoms with van der Waals surface area (Å²) >= 11 is 0. The number of benzene rings is 1. The highest BCUT2D eigenvalue weighted by Crippen LogP contribution is 2.30. The van der Waals surface area contributed by atoms with Crippen LogP contribution in [0, 0.1) is 6.92 Å². The van der Waals surface area contributed by atoms with Crippen molar-refractivity contribution in [3.63, 3.8) is 0 Å². The van der Waals surface area contributed by atoms with E-state index in [4.69, 9.17) is 9.47 Å². The zero-order valence-electron chi connectivity index (χ0n) is 17.6. The van der Waals surface area contributed by atoms with Gasteiger partial charge in [-0.05, 0) is 26.0 Å². The highest BCUT2D eigenvalue weighted by atomic mass is 16.5. The summed E-state index contributed by atoms with van der Waals surface area (Å²) in [6.45, 7) is 3.20. The molecule has 0 spiro atoms. The molecule has 0 fully saturated rings. The van der Waals surface area contributed by atoms with Gasteiger partial charge in [-0.3, -0.25) is 9.59 Å². The second kappa shape index (κ2) is 9.35. The maximum Gasteiger partial charge on any atom is 0.273 e. The average molecular weight is 425 g/mol. The Hall–Kier alpha value is -3.79. The lowest BCUT2D eigenvalue weighted by Gasteiger charge is -2.15. The van der Waals surface area contributed by atoms with Crippen LogP contribution in [0.25, 0.3) is 11.4 Å². The predicted molar refractivity (Wildman–Crippen MR) is 112 cm³/mol. The average Bonchev–Trinajstić information content (AvgIpc) is 2.75. The van der Waals surface area contributed by atoms with E-state index < -0.39 is 6.10 Å².